The summed E-state index contributed by atoms with van der Waals surface area (Å²) in [6, 6.07) is 1.96. The van der Waals surface area contributed by atoms with E-state index in [1.54, 1.807) is 0 Å². The fourth-order valence-corrected chi connectivity index (χ4v) is 2.53. The van der Waals surface area contributed by atoms with Gasteiger partial charge in [0.15, 0.2) is 0 Å². The number of nitrogens with one attached hydrogen (secondary N) is 1. The van der Waals surface area contributed by atoms with Gasteiger partial charge in [-0.2, -0.15) is 4.98 Å². The zero-order chi connectivity index (χ0) is 15.3. The fraction of sp³-hybridized carbons (Fsp3) is 0.733. The van der Waals surface area contributed by atoms with Crippen LogP contribution in [-0.2, 0) is 0 Å². The molecule has 2 N–H and O–H groups in total. The molecule has 1 aromatic heterocycles. The molecule has 0 unspecified atom stereocenters. The highest BCUT2D eigenvalue weighted by molar-refractivity contribution is 5.42. The molecule has 0 aromatic carbocycles. The first-order valence-corrected chi connectivity index (χ1v) is 7.74. The van der Waals surface area contributed by atoms with Gasteiger partial charge in [-0.3, -0.25) is 4.90 Å². The number of nitrogens with zero attached hydrogens (tertiary/aromatic N) is 4. The molecule has 6 nitrogen and oxygen atoms in total. The second-order valence-corrected chi connectivity index (χ2v) is 6.24. The molecule has 0 spiro atoms. The Morgan fingerprint density at radius 3 is 2.62 bits per heavy atom. The molecule has 2 heterocycles. The highest BCUT2D eigenvalue weighted by Gasteiger charge is 2.23. The minimum Gasteiger partial charge on any atom is -0.389 e. The van der Waals surface area contributed by atoms with Gasteiger partial charge in [0.1, 0.15) is 5.82 Å². The van der Waals surface area contributed by atoms with Crippen LogP contribution in [0.25, 0.3) is 0 Å². The summed E-state index contributed by atoms with van der Waals surface area (Å²) in [7, 11) is 0. The molecule has 0 aliphatic carbocycles. The zero-order valence-corrected chi connectivity index (χ0v) is 13.3. The molecule has 0 bridgehead atoms. The summed E-state index contributed by atoms with van der Waals surface area (Å²) in [5.41, 5.74) is -0.631. The second-order valence-electron chi connectivity index (χ2n) is 6.24. The molecule has 1 saturated heterocycles. The average molecular weight is 293 g/mol. The van der Waals surface area contributed by atoms with E-state index in [2.05, 4.69) is 32.0 Å². The van der Waals surface area contributed by atoms with Gasteiger partial charge in [0.05, 0.1) is 5.60 Å². The first-order valence-electron chi connectivity index (χ1n) is 7.74. The first kappa shape index (κ1) is 16.0. The Hall–Kier alpha value is -1.40. The highest BCUT2D eigenvalue weighted by Crippen LogP contribution is 2.16. The van der Waals surface area contributed by atoms with E-state index in [0.29, 0.717) is 12.5 Å². The number of aromatic nitrogens is 2. The van der Waals surface area contributed by atoms with E-state index >= 15 is 0 Å². The SMILES string of the molecule is CCCNc1nccc(N2CCN(CC(C)(C)O)CC2)n1. The van der Waals surface area contributed by atoms with Gasteiger partial charge in [0, 0.05) is 45.5 Å². The first-order chi connectivity index (χ1) is 9.98. The summed E-state index contributed by atoms with van der Waals surface area (Å²) in [4.78, 5) is 13.4. The molecule has 2 rings (SSSR count). The van der Waals surface area contributed by atoms with Gasteiger partial charge < -0.3 is 15.3 Å². The zero-order valence-electron chi connectivity index (χ0n) is 13.3. The molecule has 1 aliphatic rings. The van der Waals surface area contributed by atoms with E-state index in [0.717, 1.165) is 45.0 Å². The topological polar surface area (TPSA) is 64.5 Å². The van der Waals surface area contributed by atoms with Crippen molar-refractivity contribution < 1.29 is 5.11 Å². The van der Waals surface area contributed by atoms with Crippen molar-refractivity contribution >= 4 is 11.8 Å². The van der Waals surface area contributed by atoms with Crippen molar-refractivity contribution in [3.63, 3.8) is 0 Å². The van der Waals surface area contributed by atoms with Gasteiger partial charge >= 0.3 is 0 Å². The fourth-order valence-electron chi connectivity index (χ4n) is 2.53. The van der Waals surface area contributed by atoms with Crippen LogP contribution in [0.15, 0.2) is 12.3 Å². The van der Waals surface area contributed by atoms with Crippen LogP contribution in [0, 0.1) is 0 Å². The van der Waals surface area contributed by atoms with Crippen molar-refractivity contribution in [3.8, 4) is 0 Å². The van der Waals surface area contributed by atoms with E-state index in [1.165, 1.54) is 0 Å². The van der Waals surface area contributed by atoms with Crippen LogP contribution >= 0.6 is 0 Å². The summed E-state index contributed by atoms with van der Waals surface area (Å²) in [6.45, 7) is 11.2. The van der Waals surface area contributed by atoms with Crippen LogP contribution in [0.2, 0.25) is 0 Å². The predicted octanol–water partition coefficient (Wildman–Crippen LogP) is 1.19. The molecular formula is C15H27N5O. The van der Waals surface area contributed by atoms with Crippen LogP contribution in [-0.4, -0.2) is 64.8 Å². The third-order valence-corrected chi connectivity index (χ3v) is 3.48. The van der Waals surface area contributed by atoms with Gasteiger partial charge in [-0.1, -0.05) is 6.92 Å². The monoisotopic (exact) mass is 293 g/mol. The van der Waals surface area contributed by atoms with Gasteiger partial charge in [-0.25, -0.2) is 4.98 Å². The van der Waals surface area contributed by atoms with Crippen molar-refractivity contribution in [2.75, 3.05) is 49.5 Å². The molecular weight excluding hydrogens is 266 g/mol. The third-order valence-electron chi connectivity index (χ3n) is 3.48. The predicted molar refractivity (Wildman–Crippen MR) is 85.8 cm³/mol. The van der Waals surface area contributed by atoms with Gasteiger partial charge in [-0.15, -0.1) is 0 Å². The van der Waals surface area contributed by atoms with E-state index in [-0.39, 0.29) is 0 Å². The molecule has 1 aromatic rings. The smallest absolute Gasteiger partial charge is 0.224 e. The summed E-state index contributed by atoms with van der Waals surface area (Å²) < 4.78 is 0. The standard InChI is InChI=1S/C15H27N5O/c1-4-6-16-14-17-7-5-13(18-14)20-10-8-19(9-11-20)12-15(2,3)21/h5,7,21H,4,6,8-12H2,1-3H3,(H,16,17,18). The second kappa shape index (κ2) is 7.04. The van der Waals surface area contributed by atoms with Crippen molar-refractivity contribution in [2.45, 2.75) is 32.8 Å². The van der Waals surface area contributed by atoms with Gasteiger partial charge in [-0.05, 0) is 26.3 Å². The normalized spacial score (nSPS) is 17.0. The lowest BCUT2D eigenvalue weighted by atomic mass is 10.1. The van der Waals surface area contributed by atoms with Crippen LogP contribution < -0.4 is 10.2 Å². The van der Waals surface area contributed by atoms with Crippen LogP contribution in [0.1, 0.15) is 27.2 Å². The maximum atomic E-state index is 9.89. The van der Waals surface area contributed by atoms with E-state index in [4.69, 9.17) is 0 Å². The molecule has 0 atom stereocenters. The molecule has 0 saturated carbocycles. The number of aliphatic hydroxyl groups is 1. The maximum Gasteiger partial charge on any atom is 0.224 e. The minimum atomic E-state index is -0.631. The molecule has 1 aliphatic heterocycles. The molecule has 0 amide bonds. The molecule has 1 fully saturated rings. The Morgan fingerprint density at radius 1 is 1.29 bits per heavy atom. The van der Waals surface area contributed by atoms with E-state index < -0.39 is 5.60 Å². The van der Waals surface area contributed by atoms with Crippen molar-refractivity contribution in [1.82, 2.24) is 14.9 Å². The van der Waals surface area contributed by atoms with Crippen LogP contribution in [0.5, 0.6) is 0 Å². The Balaban J connectivity index is 1.90. The van der Waals surface area contributed by atoms with E-state index in [1.807, 2.05) is 26.1 Å². The summed E-state index contributed by atoms with van der Waals surface area (Å²) in [5, 5.41) is 13.1. The number of anilines is 2. The number of β-amino-alcohol motifs (C(OH)–C–C–N with tert-alkyl or cyclic N) is 1. The highest BCUT2D eigenvalue weighted by atomic mass is 16.3. The maximum absolute atomic E-state index is 9.89. The van der Waals surface area contributed by atoms with Gasteiger partial charge in [0.2, 0.25) is 5.95 Å². The van der Waals surface area contributed by atoms with Crippen molar-refractivity contribution in [2.24, 2.45) is 0 Å². The lowest BCUT2D eigenvalue weighted by molar-refractivity contribution is 0.0344. The van der Waals surface area contributed by atoms with Crippen LogP contribution in [0.4, 0.5) is 11.8 Å². The molecule has 0 radical (unpaired) electrons. The van der Waals surface area contributed by atoms with Crippen molar-refractivity contribution in [1.29, 1.82) is 0 Å². The number of hydrogen-bond acceptors (Lipinski definition) is 6. The summed E-state index contributed by atoms with van der Waals surface area (Å²) >= 11 is 0. The lowest BCUT2D eigenvalue weighted by Crippen LogP contribution is -2.50. The summed E-state index contributed by atoms with van der Waals surface area (Å²) in [6.07, 6.45) is 2.87. The van der Waals surface area contributed by atoms with Crippen LogP contribution in [0.3, 0.4) is 0 Å². The van der Waals surface area contributed by atoms with E-state index in [9.17, 15) is 5.11 Å². The molecule has 21 heavy (non-hydrogen) atoms. The number of piperazine rings is 1. The molecule has 6 heteroatoms. The number of hydrogen-bond donors (Lipinski definition) is 2. The summed E-state index contributed by atoms with van der Waals surface area (Å²) in [5.74, 6) is 1.68. The Labute approximate surface area is 127 Å². The largest absolute Gasteiger partial charge is 0.389 e. The minimum absolute atomic E-state index is 0.631. The molecule has 118 valence electrons. The Kier molecular flexibility index (Phi) is 5.36. The quantitative estimate of drug-likeness (QED) is 0.821. The Bertz CT molecular complexity index is 438. The number of rotatable bonds is 6. The third kappa shape index (κ3) is 5.13. The Morgan fingerprint density at radius 2 is 2.00 bits per heavy atom. The average Bonchev–Trinajstić information content (AvgIpc) is 2.44. The van der Waals surface area contributed by atoms with Gasteiger partial charge in [0.25, 0.3) is 0 Å². The van der Waals surface area contributed by atoms with Crippen molar-refractivity contribution in [3.05, 3.63) is 12.3 Å². The lowest BCUT2D eigenvalue weighted by Gasteiger charge is -2.37.